The normalized spacial score (nSPS) is 10.3. The highest BCUT2D eigenvalue weighted by atomic mass is 16.1. The van der Waals surface area contributed by atoms with Gasteiger partial charge in [0.25, 0.3) is 0 Å². The number of rotatable bonds is 2. The molecule has 0 bridgehead atoms. The molecule has 0 atom stereocenters. The zero-order chi connectivity index (χ0) is 9.11. The van der Waals surface area contributed by atoms with E-state index in [0.29, 0.717) is 0 Å². The molecule has 0 amide bonds. The summed E-state index contributed by atoms with van der Waals surface area (Å²) in [5, 5.41) is 0. The molecule has 0 aliphatic rings. The van der Waals surface area contributed by atoms with E-state index in [1.165, 1.54) is 6.08 Å². The fraction of sp³-hybridized carbons (Fsp3) is 0.333. The fourth-order valence-corrected chi connectivity index (χ4v) is 0.147. The molecule has 0 saturated carbocycles. The summed E-state index contributed by atoms with van der Waals surface area (Å²) in [6.45, 7) is 5.41. The molecule has 0 heterocycles. The summed E-state index contributed by atoms with van der Waals surface area (Å²) in [7, 11) is 0. The smallest absolute Gasteiger partial charge is 0.145 e. The third-order valence-electron chi connectivity index (χ3n) is 0.912. The number of aldehydes is 2. The maximum absolute atomic E-state index is 9.67. The highest BCUT2D eigenvalue weighted by Gasteiger charge is 1.72. The Balaban J connectivity index is 0. The van der Waals surface area contributed by atoms with Gasteiger partial charge in [0.15, 0.2) is 0 Å². The van der Waals surface area contributed by atoms with E-state index >= 15 is 0 Å². The Bertz CT molecular complexity index is 155. The first-order valence-electron chi connectivity index (χ1n) is 3.37. The standard InChI is InChI=1S/C5H8O.C4H6O/c1-3-5(2)4-6;1-2-3-4-5/h3-4H,1-2H3;2-4H,1H3. The Morgan fingerprint density at radius 2 is 1.73 bits per heavy atom. The van der Waals surface area contributed by atoms with Crippen LogP contribution in [0.1, 0.15) is 20.8 Å². The van der Waals surface area contributed by atoms with Gasteiger partial charge >= 0.3 is 0 Å². The van der Waals surface area contributed by atoms with Crippen LogP contribution in [0, 0.1) is 0 Å². The van der Waals surface area contributed by atoms with Crippen LogP contribution in [0.2, 0.25) is 0 Å². The van der Waals surface area contributed by atoms with Gasteiger partial charge in [-0.05, 0) is 32.4 Å². The lowest BCUT2D eigenvalue weighted by atomic mass is 10.3. The minimum absolute atomic E-state index is 0.750. The van der Waals surface area contributed by atoms with Gasteiger partial charge in [0.1, 0.15) is 12.6 Å². The minimum Gasteiger partial charge on any atom is -0.299 e. The minimum atomic E-state index is 0.750. The third-order valence-corrected chi connectivity index (χ3v) is 0.912. The van der Waals surface area contributed by atoms with Crippen LogP contribution >= 0.6 is 0 Å². The highest BCUT2D eigenvalue weighted by Crippen LogP contribution is 1.80. The predicted molar refractivity (Wildman–Crippen MR) is 46.4 cm³/mol. The molecular formula is C9H14O2. The second kappa shape index (κ2) is 11.6. The van der Waals surface area contributed by atoms with Crippen molar-refractivity contribution >= 4 is 12.6 Å². The van der Waals surface area contributed by atoms with Gasteiger partial charge < -0.3 is 0 Å². The zero-order valence-corrected chi connectivity index (χ0v) is 7.20. The van der Waals surface area contributed by atoms with Crippen molar-refractivity contribution in [2.45, 2.75) is 20.8 Å². The molecule has 0 aromatic heterocycles. The van der Waals surface area contributed by atoms with Crippen LogP contribution in [0.4, 0.5) is 0 Å². The first-order valence-corrected chi connectivity index (χ1v) is 3.37. The molecule has 0 aliphatic heterocycles. The van der Waals surface area contributed by atoms with Crippen molar-refractivity contribution in [3.8, 4) is 0 Å². The fourth-order valence-electron chi connectivity index (χ4n) is 0.147. The van der Waals surface area contributed by atoms with Gasteiger partial charge in [-0.2, -0.15) is 0 Å². The van der Waals surface area contributed by atoms with Crippen LogP contribution in [0.25, 0.3) is 0 Å². The second-order valence-electron chi connectivity index (χ2n) is 1.81. The quantitative estimate of drug-likeness (QED) is 0.449. The van der Waals surface area contributed by atoms with E-state index in [-0.39, 0.29) is 0 Å². The Hall–Kier alpha value is -1.18. The predicted octanol–water partition coefficient (Wildman–Crippen LogP) is 1.91. The third kappa shape index (κ3) is 17.7. The van der Waals surface area contributed by atoms with E-state index in [2.05, 4.69) is 0 Å². The molecule has 0 spiro atoms. The van der Waals surface area contributed by atoms with Crippen molar-refractivity contribution in [2.24, 2.45) is 0 Å². The highest BCUT2D eigenvalue weighted by molar-refractivity contribution is 5.71. The maximum atomic E-state index is 9.67. The van der Waals surface area contributed by atoms with Crippen molar-refractivity contribution in [3.63, 3.8) is 0 Å². The van der Waals surface area contributed by atoms with Gasteiger partial charge in [-0.25, -0.2) is 0 Å². The van der Waals surface area contributed by atoms with Crippen LogP contribution in [0.15, 0.2) is 23.8 Å². The van der Waals surface area contributed by atoms with Crippen LogP contribution in [0.3, 0.4) is 0 Å². The lowest BCUT2D eigenvalue weighted by Crippen LogP contribution is -1.69. The Kier molecular flexibility index (Phi) is 13.2. The van der Waals surface area contributed by atoms with Crippen molar-refractivity contribution < 1.29 is 9.59 Å². The number of allylic oxidation sites excluding steroid dienone is 4. The molecule has 0 radical (unpaired) electrons. The van der Waals surface area contributed by atoms with Gasteiger partial charge in [0.05, 0.1) is 0 Å². The van der Waals surface area contributed by atoms with Gasteiger partial charge in [-0.3, -0.25) is 9.59 Å². The Morgan fingerprint density at radius 1 is 1.18 bits per heavy atom. The first kappa shape index (κ1) is 12.5. The number of carbonyl (C=O) groups is 2. The van der Waals surface area contributed by atoms with Crippen LogP contribution in [-0.2, 0) is 9.59 Å². The first-order chi connectivity index (χ1) is 5.22. The van der Waals surface area contributed by atoms with Crippen LogP contribution in [0.5, 0.6) is 0 Å². The molecule has 0 aromatic carbocycles. The van der Waals surface area contributed by atoms with Crippen molar-refractivity contribution in [3.05, 3.63) is 23.8 Å². The summed E-state index contributed by atoms with van der Waals surface area (Å²) in [5.74, 6) is 0. The lowest BCUT2D eigenvalue weighted by molar-refractivity contribution is -0.105. The van der Waals surface area contributed by atoms with E-state index in [4.69, 9.17) is 0 Å². The van der Waals surface area contributed by atoms with E-state index in [9.17, 15) is 9.59 Å². The van der Waals surface area contributed by atoms with Crippen LogP contribution in [-0.4, -0.2) is 12.6 Å². The van der Waals surface area contributed by atoms with Gasteiger partial charge in [-0.1, -0.05) is 12.2 Å². The van der Waals surface area contributed by atoms with Gasteiger partial charge in [0.2, 0.25) is 0 Å². The second-order valence-corrected chi connectivity index (χ2v) is 1.81. The molecule has 0 unspecified atom stereocenters. The number of carbonyl (C=O) groups excluding carboxylic acids is 2. The number of hydrogen-bond donors (Lipinski definition) is 0. The summed E-state index contributed by atoms with van der Waals surface area (Å²) in [5.41, 5.74) is 0.787. The topological polar surface area (TPSA) is 34.1 Å². The summed E-state index contributed by atoms with van der Waals surface area (Å²) < 4.78 is 0. The van der Waals surface area contributed by atoms with Gasteiger partial charge in [-0.15, -0.1) is 0 Å². The summed E-state index contributed by atoms with van der Waals surface area (Å²) >= 11 is 0. The van der Waals surface area contributed by atoms with Gasteiger partial charge in [0, 0.05) is 0 Å². The average molecular weight is 154 g/mol. The number of hydrogen-bond acceptors (Lipinski definition) is 2. The SMILES string of the molecule is CC=C(C)C=O.CC=CC=O. The molecule has 11 heavy (non-hydrogen) atoms. The van der Waals surface area contributed by atoms with Crippen molar-refractivity contribution in [1.29, 1.82) is 0 Å². The molecule has 0 aromatic rings. The molecule has 0 rings (SSSR count). The van der Waals surface area contributed by atoms with E-state index in [1.54, 1.807) is 26.0 Å². The molecule has 2 nitrogen and oxygen atoms in total. The summed E-state index contributed by atoms with van der Waals surface area (Å²) in [6.07, 6.45) is 6.49. The largest absolute Gasteiger partial charge is 0.299 e. The van der Waals surface area contributed by atoms with Crippen molar-refractivity contribution in [2.75, 3.05) is 0 Å². The molecule has 0 N–H and O–H groups in total. The molecular weight excluding hydrogens is 140 g/mol. The van der Waals surface area contributed by atoms with E-state index in [1.807, 2.05) is 6.92 Å². The molecule has 0 fully saturated rings. The van der Waals surface area contributed by atoms with Crippen molar-refractivity contribution in [1.82, 2.24) is 0 Å². The lowest BCUT2D eigenvalue weighted by Gasteiger charge is -1.73. The molecule has 0 aliphatic carbocycles. The Labute approximate surface area is 67.6 Å². The maximum Gasteiger partial charge on any atom is 0.145 e. The van der Waals surface area contributed by atoms with E-state index < -0.39 is 0 Å². The molecule has 62 valence electrons. The van der Waals surface area contributed by atoms with E-state index in [0.717, 1.165) is 18.1 Å². The average Bonchev–Trinajstić information content (AvgIpc) is 2.06. The van der Waals surface area contributed by atoms with Crippen LogP contribution < -0.4 is 0 Å². The Morgan fingerprint density at radius 3 is 1.73 bits per heavy atom. The monoisotopic (exact) mass is 154 g/mol. The summed E-state index contributed by atoms with van der Waals surface area (Å²) in [4.78, 5) is 19.0. The molecule has 0 saturated heterocycles. The summed E-state index contributed by atoms with van der Waals surface area (Å²) in [6, 6.07) is 0. The zero-order valence-electron chi connectivity index (χ0n) is 7.20. The molecule has 2 heteroatoms.